The van der Waals surface area contributed by atoms with E-state index in [0.717, 1.165) is 22.7 Å². The van der Waals surface area contributed by atoms with Gasteiger partial charge in [-0.05, 0) is 74.5 Å². The average molecular weight is 480 g/mol. The number of hydrogen-bond acceptors (Lipinski definition) is 8. The fourth-order valence-electron chi connectivity index (χ4n) is 3.08. The number of anilines is 1. The number of benzene rings is 2. The van der Waals surface area contributed by atoms with Crippen LogP contribution in [-0.4, -0.2) is 35.0 Å². The number of hydrogen-bond donors (Lipinski definition) is 1. The fourth-order valence-corrected chi connectivity index (χ4v) is 3.80. The van der Waals surface area contributed by atoms with Crippen LogP contribution in [0.2, 0.25) is 0 Å². The molecule has 2 aromatic heterocycles. The molecule has 176 valence electrons. The SMILES string of the molecule is COc1ccc(NC(=O)CSCc2ccc(-c3nc(-c4ccc(OC(C)C)cc4)no3)o2)cc1. The van der Waals surface area contributed by atoms with Gasteiger partial charge in [0.05, 0.1) is 24.7 Å². The number of nitrogens with zero attached hydrogens (tertiary/aromatic N) is 2. The second-order valence-corrected chi connectivity index (χ2v) is 8.64. The summed E-state index contributed by atoms with van der Waals surface area (Å²) in [5, 5.41) is 6.90. The number of rotatable bonds is 10. The third-order valence-electron chi connectivity index (χ3n) is 4.63. The zero-order valence-corrected chi connectivity index (χ0v) is 19.9. The van der Waals surface area contributed by atoms with E-state index in [1.807, 2.05) is 44.2 Å². The predicted octanol–water partition coefficient (Wildman–Crippen LogP) is 5.66. The minimum atomic E-state index is -0.0895. The molecule has 1 amide bonds. The van der Waals surface area contributed by atoms with Crippen LogP contribution in [0.15, 0.2) is 69.6 Å². The van der Waals surface area contributed by atoms with Crippen molar-refractivity contribution in [3.8, 4) is 34.5 Å². The monoisotopic (exact) mass is 479 g/mol. The summed E-state index contributed by atoms with van der Waals surface area (Å²) in [6.45, 7) is 3.96. The Labute approximate surface area is 201 Å². The molecule has 0 bridgehead atoms. The second kappa shape index (κ2) is 10.9. The molecule has 2 heterocycles. The van der Waals surface area contributed by atoms with Gasteiger partial charge in [0.25, 0.3) is 5.89 Å². The zero-order chi connectivity index (χ0) is 23.9. The minimum Gasteiger partial charge on any atom is -0.497 e. The number of amides is 1. The quantitative estimate of drug-likeness (QED) is 0.311. The first-order chi connectivity index (χ1) is 16.5. The van der Waals surface area contributed by atoms with Crippen molar-refractivity contribution in [2.75, 3.05) is 18.2 Å². The number of aromatic nitrogens is 2. The molecule has 0 atom stereocenters. The Balaban J connectivity index is 1.28. The van der Waals surface area contributed by atoms with Crippen molar-refractivity contribution >= 4 is 23.4 Å². The van der Waals surface area contributed by atoms with Crippen molar-refractivity contribution in [2.45, 2.75) is 25.7 Å². The number of carbonyl (C=O) groups excluding carboxylic acids is 1. The van der Waals surface area contributed by atoms with E-state index in [1.165, 1.54) is 11.8 Å². The Morgan fingerprint density at radius 1 is 1.03 bits per heavy atom. The predicted molar refractivity (Wildman–Crippen MR) is 131 cm³/mol. The van der Waals surface area contributed by atoms with Crippen molar-refractivity contribution in [2.24, 2.45) is 0 Å². The van der Waals surface area contributed by atoms with Crippen LogP contribution in [0.5, 0.6) is 11.5 Å². The average Bonchev–Trinajstić information content (AvgIpc) is 3.50. The molecule has 1 N–H and O–H groups in total. The molecule has 9 heteroatoms. The van der Waals surface area contributed by atoms with E-state index >= 15 is 0 Å². The number of thioether (sulfide) groups is 1. The van der Waals surface area contributed by atoms with Gasteiger partial charge in [0.15, 0.2) is 5.76 Å². The molecular weight excluding hydrogens is 454 g/mol. The van der Waals surface area contributed by atoms with Gasteiger partial charge >= 0.3 is 0 Å². The smallest absolute Gasteiger partial charge is 0.293 e. The second-order valence-electron chi connectivity index (χ2n) is 7.65. The van der Waals surface area contributed by atoms with Crippen molar-refractivity contribution in [1.82, 2.24) is 10.1 Å². The van der Waals surface area contributed by atoms with Crippen LogP contribution in [0.1, 0.15) is 19.6 Å². The van der Waals surface area contributed by atoms with Crippen LogP contribution >= 0.6 is 11.8 Å². The normalized spacial score (nSPS) is 10.9. The molecule has 0 unspecified atom stereocenters. The first-order valence-electron chi connectivity index (χ1n) is 10.7. The third kappa shape index (κ3) is 6.20. The lowest BCUT2D eigenvalue weighted by molar-refractivity contribution is -0.113. The lowest BCUT2D eigenvalue weighted by Gasteiger charge is -2.09. The largest absolute Gasteiger partial charge is 0.497 e. The number of methoxy groups -OCH3 is 1. The zero-order valence-electron chi connectivity index (χ0n) is 19.1. The summed E-state index contributed by atoms with van der Waals surface area (Å²) in [6, 6.07) is 18.3. The highest BCUT2D eigenvalue weighted by Crippen LogP contribution is 2.27. The van der Waals surface area contributed by atoms with Gasteiger partial charge in [-0.2, -0.15) is 4.98 Å². The van der Waals surface area contributed by atoms with Gasteiger partial charge < -0.3 is 23.7 Å². The molecule has 2 aromatic carbocycles. The Morgan fingerprint density at radius 3 is 2.47 bits per heavy atom. The molecule has 4 rings (SSSR count). The molecule has 34 heavy (non-hydrogen) atoms. The lowest BCUT2D eigenvalue weighted by atomic mass is 10.2. The summed E-state index contributed by atoms with van der Waals surface area (Å²) in [5.74, 6) is 4.23. The number of nitrogens with one attached hydrogen (secondary N) is 1. The van der Waals surface area contributed by atoms with E-state index in [1.54, 1.807) is 37.4 Å². The highest BCUT2D eigenvalue weighted by molar-refractivity contribution is 7.99. The van der Waals surface area contributed by atoms with E-state index in [9.17, 15) is 4.79 Å². The number of ether oxygens (including phenoxy) is 2. The maximum Gasteiger partial charge on any atom is 0.293 e. The first kappa shape index (κ1) is 23.4. The number of furan rings is 1. The Morgan fingerprint density at radius 2 is 1.76 bits per heavy atom. The van der Waals surface area contributed by atoms with Gasteiger partial charge in [0.2, 0.25) is 11.7 Å². The highest BCUT2D eigenvalue weighted by Gasteiger charge is 2.15. The van der Waals surface area contributed by atoms with E-state index in [-0.39, 0.29) is 12.0 Å². The molecule has 4 aromatic rings. The third-order valence-corrected chi connectivity index (χ3v) is 5.59. The van der Waals surface area contributed by atoms with Crippen LogP contribution in [0, 0.1) is 0 Å². The maximum absolute atomic E-state index is 12.2. The molecule has 0 saturated carbocycles. The Hall–Kier alpha value is -3.72. The van der Waals surface area contributed by atoms with E-state index in [0.29, 0.717) is 34.7 Å². The molecule has 8 nitrogen and oxygen atoms in total. The summed E-state index contributed by atoms with van der Waals surface area (Å²) < 4.78 is 22.0. The summed E-state index contributed by atoms with van der Waals surface area (Å²) >= 11 is 1.45. The lowest BCUT2D eigenvalue weighted by Crippen LogP contribution is -2.14. The summed E-state index contributed by atoms with van der Waals surface area (Å²) in [4.78, 5) is 16.6. The van der Waals surface area contributed by atoms with Crippen molar-refractivity contribution in [3.63, 3.8) is 0 Å². The molecule has 0 aliphatic heterocycles. The van der Waals surface area contributed by atoms with Crippen molar-refractivity contribution < 1.29 is 23.2 Å². The van der Waals surface area contributed by atoms with Crippen molar-refractivity contribution in [3.05, 3.63) is 66.4 Å². The summed E-state index contributed by atoms with van der Waals surface area (Å²) in [6.07, 6.45) is 0.108. The molecule has 0 spiro atoms. The molecular formula is C25H25N3O5S. The standard InChI is InChI=1S/C25H25N3O5S/c1-16(2)31-20-8-4-17(5-9-20)24-27-25(33-28-24)22-13-12-21(32-22)14-34-15-23(29)26-18-6-10-19(30-3)11-7-18/h4-13,16H,14-15H2,1-3H3,(H,26,29). The first-order valence-corrected chi connectivity index (χ1v) is 11.9. The fraction of sp³-hybridized carbons (Fsp3) is 0.240. The van der Waals surface area contributed by atoms with Crippen LogP contribution in [-0.2, 0) is 10.5 Å². The molecule has 0 saturated heterocycles. The van der Waals surface area contributed by atoms with Crippen molar-refractivity contribution in [1.29, 1.82) is 0 Å². The van der Waals surface area contributed by atoms with Crippen LogP contribution in [0.3, 0.4) is 0 Å². The van der Waals surface area contributed by atoms with Gasteiger partial charge in [-0.15, -0.1) is 11.8 Å². The molecule has 0 fully saturated rings. The topological polar surface area (TPSA) is 99.6 Å². The van der Waals surface area contributed by atoms with Gasteiger partial charge in [-0.3, -0.25) is 4.79 Å². The van der Waals surface area contributed by atoms with Gasteiger partial charge in [-0.25, -0.2) is 0 Å². The Bertz CT molecular complexity index is 1220. The minimum absolute atomic E-state index is 0.0895. The van der Waals surface area contributed by atoms with Crippen LogP contribution in [0.4, 0.5) is 5.69 Å². The van der Waals surface area contributed by atoms with Gasteiger partial charge in [-0.1, -0.05) is 5.16 Å². The summed E-state index contributed by atoms with van der Waals surface area (Å²) in [5.41, 5.74) is 1.54. The summed E-state index contributed by atoms with van der Waals surface area (Å²) in [7, 11) is 1.60. The molecule has 0 aliphatic carbocycles. The number of carbonyl (C=O) groups is 1. The van der Waals surface area contributed by atoms with E-state index in [4.69, 9.17) is 18.4 Å². The highest BCUT2D eigenvalue weighted by atomic mass is 32.2. The molecule has 0 aliphatic rings. The van der Waals surface area contributed by atoms with E-state index < -0.39 is 0 Å². The molecule has 0 radical (unpaired) electrons. The van der Waals surface area contributed by atoms with Gasteiger partial charge in [0, 0.05) is 11.3 Å². The van der Waals surface area contributed by atoms with Crippen LogP contribution < -0.4 is 14.8 Å². The van der Waals surface area contributed by atoms with E-state index in [2.05, 4.69) is 15.5 Å². The maximum atomic E-state index is 12.2. The Kier molecular flexibility index (Phi) is 7.54. The van der Waals surface area contributed by atoms with Crippen LogP contribution in [0.25, 0.3) is 23.0 Å². The van der Waals surface area contributed by atoms with Gasteiger partial charge in [0.1, 0.15) is 17.3 Å².